The van der Waals surface area contributed by atoms with Crippen molar-refractivity contribution in [3.63, 3.8) is 0 Å². The van der Waals surface area contributed by atoms with Gasteiger partial charge in [-0.3, -0.25) is 14.4 Å². The van der Waals surface area contributed by atoms with Crippen molar-refractivity contribution >= 4 is 29.5 Å². The molecule has 0 aromatic heterocycles. The highest BCUT2D eigenvalue weighted by molar-refractivity contribution is 8.00. The summed E-state index contributed by atoms with van der Waals surface area (Å²) in [5, 5.41) is 14.3. The first-order chi connectivity index (χ1) is 12.9. The Morgan fingerprint density at radius 2 is 1.93 bits per heavy atom. The van der Waals surface area contributed by atoms with E-state index in [1.54, 1.807) is 18.2 Å². The third-order valence-corrected chi connectivity index (χ3v) is 6.48. The lowest BCUT2D eigenvalue weighted by Gasteiger charge is -2.31. The number of nitrogens with one attached hydrogen (secondary N) is 2. The first-order valence-corrected chi connectivity index (χ1v) is 10.2. The Kier molecular flexibility index (Phi) is 6.36. The molecule has 2 amide bonds. The van der Waals surface area contributed by atoms with Crippen molar-refractivity contribution in [1.29, 1.82) is 0 Å². The van der Waals surface area contributed by atoms with E-state index in [-0.39, 0.29) is 36.0 Å². The van der Waals surface area contributed by atoms with Crippen LogP contribution in [0.25, 0.3) is 0 Å². The number of amides is 2. The van der Waals surface area contributed by atoms with E-state index in [1.165, 1.54) is 17.8 Å². The Morgan fingerprint density at radius 3 is 2.56 bits per heavy atom. The topological polar surface area (TPSA) is 95.5 Å². The van der Waals surface area contributed by atoms with Gasteiger partial charge in [-0.15, -0.1) is 11.8 Å². The number of rotatable bonds is 5. The van der Waals surface area contributed by atoms with E-state index in [0.717, 1.165) is 0 Å². The number of carbonyl (C=O) groups is 3. The number of carboxylic acid groups (broad SMARTS) is 1. The van der Waals surface area contributed by atoms with Crippen molar-refractivity contribution in [3.8, 4) is 0 Å². The van der Waals surface area contributed by atoms with Crippen molar-refractivity contribution < 1.29 is 23.9 Å². The summed E-state index contributed by atoms with van der Waals surface area (Å²) in [5.41, 5.74) is 0.489. The largest absolute Gasteiger partial charge is 0.481 e. The van der Waals surface area contributed by atoms with Gasteiger partial charge < -0.3 is 15.7 Å². The van der Waals surface area contributed by atoms with Gasteiger partial charge in [0.1, 0.15) is 11.9 Å². The zero-order valence-electron chi connectivity index (χ0n) is 14.8. The number of carbonyl (C=O) groups excluding carboxylic acids is 2. The summed E-state index contributed by atoms with van der Waals surface area (Å²) in [4.78, 5) is 35.8. The highest BCUT2D eigenvalue weighted by atomic mass is 32.2. The third-order valence-electron chi connectivity index (χ3n) is 5.18. The predicted octanol–water partition coefficient (Wildman–Crippen LogP) is 1.73. The normalized spacial score (nSPS) is 28.3. The molecule has 0 spiro atoms. The molecular formula is C19H23FN2O4S. The number of carboxylic acids is 1. The molecule has 3 rings (SSSR count). The standard InChI is InChI=1S/C19H23FN2O4S/c20-14-4-2-1-3-12(14)9-16-18(24)22-15(10-27-16)17(23)21-13-7-5-11(6-8-13)19(25)26/h1-4,11,13,15-16H,5-10H2,(H,21,23)(H,22,24)(H,25,26). The fraction of sp³-hybridized carbons (Fsp3) is 0.526. The van der Waals surface area contributed by atoms with Gasteiger partial charge in [-0.05, 0) is 43.7 Å². The molecule has 1 aromatic carbocycles. The van der Waals surface area contributed by atoms with Crippen LogP contribution in [-0.4, -0.2) is 46.0 Å². The fourth-order valence-corrected chi connectivity index (χ4v) is 4.71. The average Bonchev–Trinajstić information content (AvgIpc) is 2.65. The molecule has 2 aliphatic rings. The molecule has 2 unspecified atom stereocenters. The van der Waals surface area contributed by atoms with Crippen LogP contribution >= 0.6 is 11.8 Å². The minimum absolute atomic E-state index is 0.0499. The Bertz CT molecular complexity index is 721. The monoisotopic (exact) mass is 394 g/mol. The first kappa shape index (κ1) is 19.7. The van der Waals surface area contributed by atoms with E-state index < -0.39 is 17.3 Å². The van der Waals surface area contributed by atoms with Crippen LogP contribution in [0.2, 0.25) is 0 Å². The fourth-order valence-electron chi connectivity index (χ4n) is 3.54. The van der Waals surface area contributed by atoms with Crippen LogP contribution in [0.1, 0.15) is 31.2 Å². The van der Waals surface area contributed by atoms with Crippen molar-refractivity contribution in [3.05, 3.63) is 35.6 Å². The van der Waals surface area contributed by atoms with E-state index in [4.69, 9.17) is 5.11 Å². The average molecular weight is 394 g/mol. The SMILES string of the molecule is O=C(O)C1CCC(NC(=O)C2CSC(Cc3ccccc3F)C(=O)N2)CC1. The lowest BCUT2D eigenvalue weighted by atomic mass is 9.86. The van der Waals surface area contributed by atoms with Gasteiger partial charge in [0.15, 0.2) is 0 Å². The minimum atomic E-state index is -0.781. The van der Waals surface area contributed by atoms with Crippen LogP contribution in [0, 0.1) is 11.7 Å². The van der Waals surface area contributed by atoms with E-state index in [9.17, 15) is 18.8 Å². The molecule has 0 bridgehead atoms. The minimum Gasteiger partial charge on any atom is -0.481 e. The highest BCUT2D eigenvalue weighted by Gasteiger charge is 2.34. The summed E-state index contributed by atoms with van der Waals surface area (Å²) in [6.07, 6.45) is 2.66. The summed E-state index contributed by atoms with van der Waals surface area (Å²) in [6.45, 7) is 0. The number of hydrogen-bond acceptors (Lipinski definition) is 4. The van der Waals surface area contributed by atoms with Crippen molar-refractivity contribution in [1.82, 2.24) is 10.6 Å². The smallest absolute Gasteiger partial charge is 0.306 e. The summed E-state index contributed by atoms with van der Waals surface area (Å²) in [7, 11) is 0. The zero-order valence-corrected chi connectivity index (χ0v) is 15.6. The second-order valence-corrected chi connectivity index (χ2v) is 8.31. The summed E-state index contributed by atoms with van der Waals surface area (Å²) < 4.78 is 13.8. The molecule has 0 radical (unpaired) electrons. The lowest BCUT2D eigenvalue weighted by Crippen LogP contribution is -2.56. The van der Waals surface area contributed by atoms with Crippen LogP contribution in [0.4, 0.5) is 4.39 Å². The summed E-state index contributed by atoms with van der Waals surface area (Å²) in [5.74, 6) is -1.51. The van der Waals surface area contributed by atoms with E-state index >= 15 is 0 Å². The second kappa shape index (κ2) is 8.73. The molecule has 1 aliphatic heterocycles. The quantitative estimate of drug-likeness (QED) is 0.707. The third kappa shape index (κ3) is 5.00. The number of thioether (sulfide) groups is 1. The molecule has 8 heteroatoms. The van der Waals surface area contributed by atoms with Gasteiger partial charge in [0, 0.05) is 11.8 Å². The number of aliphatic carboxylic acids is 1. The second-order valence-electron chi connectivity index (χ2n) is 7.07. The molecule has 1 saturated heterocycles. The molecule has 2 fully saturated rings. The molecule has 146 valence electrons. The molecule has 2 atom stereocenters. The number of benzene rings is 1. The molecular weight excluding hydrogens is 371 g/mol. The molecule has 1 aromatic rings. The molecule has 27 heavy (non-hydrogen) atoms. The van der Waals surface area contributed by atoms with Gasteiger partial charge in [-0.2, -0.15) is 0 Å². The summed E-state index contributed by atoms with van der Waals surface area (Å²) >= 11 is 1.36. The van der Waals surface area contributed by atoms with Crippen LogP contribution in [-0.2, 0) is 20.8 Å². The predicted molar refractivity (Wildman–Crippen MR) is 99.8 cm³/mol. The van der Waals surface area contributed by atoms with Gasteiger partial charge in [0.25, 0.3) is 0 Å². The molecule has 1 heterocycles. The number of halogens is 1. The summed E-state index contributed by atoms with van der Waals surface area (Å²) in [6, 6.07) is 5.71. The van der Waals surface area contributed by atoms with Crippen LogP contribution < -0.4 is 10.6 Å². The molecule has 3 N–H and O–H groups in total. The van der Waals surface area contributed by atoms with Crippen molar-refractivity contribution in [2.45, 2.75) is 49.4 Å². The Balaban J connectivity index is 1.48. The Labute approximate surface area is 161 Å². The zero-order chi connectivity index (χ0) is 19.4. The maximum absolute atomic E-state index is 13.8. The van der Waals surface area contributed by atoms with Crippen LogP contribution in [0.15, 0.2) is 24.3 Å². The lowest BCUT2D eigenvalue weighted by molar-refractivity contribution is -0.143. The van der Waals surface area contributed by atoms with E-state index in [0.29, 0.717) is 37.0 Å². The molecule has 1 aliphatic carbocycles. The van der Waals surface area contributed by atoms with E-state index in [1.807, 2.05) is 0 Å². The Hall–Kier alpha value is -2.09. The van der Waals surface area contributed by atoms with Crippen LogP contribution in [0.5, 0.6) is 0 Å². The maximum atomic E-state index is 13.8. The van der Waals surface area contributed by atoms with Gasteiger partial charge in [-0.25, -0.2) is 4.39 Å². The Morgan fingerprint density at radius 1 is 1.22 bits per heavy atom. The van der Waals surface area contributed by atoms with Crippen molar-refractivity contribution in [2.24, 2.45) is 5.92 Å². The van der Waals surface area contributed by atoms with Gasteiger partial charge in [0.2, 0.25) is 11.8 Å². The van der Waals surface area contributed by atoms with E-state index in [2.05, 4.69) is 10.6 Å². The maximum Gasteiger partial charge on any atom is 0.306 e. The van der Waals surface area contributed by atoms with Gasteiger partial charge >= 0.3 is 5.97 Å². The molecule has 1 saturated carbocycles. The van der Waals surface area contributed by atoms with Crippen LogP contribution in [0.3, 0.4) is 0 Å². The first-order valence-electron chi connectivity index (χ1n) is 9.12. The van der Waals surface area contributed by atoms with Gasteiger partial charge in [-0.1, -0.05) is 18.2 Å². The van der Waals surface area contributed by atoms with Crippen molar-refractivity contribution in [2.75, 3.05) is 5.75 Å². The number of hydrogen-bond donors (Lipinski definition) is 3. The molecule has 6 nitrogen and oxygen atoms in total. The highest BCUT2D eigenvalue weighted by Crippen LogP contribution is 2.26. The van der Waals surface area contributed by atoms with Gasteiger partial charge in [0.05, 0.1) is 11.2 Å².